The van der Waals surface area contributed by atoms with Crippen molar-refractivity contribution in [3.05, 3.63) is 28.2 Å². The van der Waals surface area contributed by atoms with Crippen molar-refractivity contribution in [2.75, 3.05) is 18.0 Å². The van der Waals surface area contributed by atoms with E-state index >= 15 is 0 Å². The summed E-state index contributed by atoms with van der Waals surface area (Å²) in [6.07, 6.45) is 1.18. The van der Waals surface area contributed by atoms with Crippen LogP contribution >= 0.6 is 23.2 Å². The molecule has 0 radical (unpaired) electrons. The van der Waals surface area contributed by atoms with Crippen LogP contribution in [-0.4, -0.2) is 25.2 Å². The summed E-state index contributed by atoms with van der Waals surface area (Å²) in [6.45, 7) is 8.71. The smallest absolute Gasteiger partial charge is 0.0640 e. The van der Waals surface area contributed by atoms with Crippen molar-refractivity contribution >= 4 is 28.9 Å². The Morgan fingerprint density at radius 3 is 2.79 bits per heavy atom. The van der Waals surface area contributed by atoms with Gasteiger partial charge in [-0.05, 0) is 37.5 Å². The Hall–Kier alpha value is -0.440. The summed E-state index contributed by atoms with van der Waals surface area (Å²) in [6, 6.07) is 6.64. The van der Waals surface area contributed by atoms with Gasteiger partial charge < -0.3 is 10.2 Å². The fraction of sp³-hybridized carbons (Fsp3) is 0.600. The number of hydrogen-bond acceptors (Lipinski definition) is 2. The highest BCUT2D eigenvalue weighted by atomic mass is 35.5. The molecule has 106 valence electrons. The third-order valence-electron chi connectivity index (χ3n) is 3.62. The van der Waals surface area contributed by atoms with E-state index in [0.29, 0.717) is 18.0 Å². The van der Waals surface area contributed by atoms with E-state index in [1.165, 1.54) is 6.42 Å². The molecule has 2 atom stereocenters. The van der Waals surface area contributed by atoms with E-state index in [0.717, 1.165) is 28.8 Å². The molecule has 1 heterocycles. The van der Waals surface area contributed by atoms with Crippen LogP contribution in [-0.2, 0) is 0 Å². The average molecular weight is 301 g/mol. The molecule has 0 spiro atoms. The number of piperazine rings is 1. The molecule has 1 aliphatic heterocycles. The minimum atomic E-state index is 0.430. The topological polar surface area (TPSA) is 15.3 Å². The molecular weight excluding hydrogens is 279 g/mol. The molecule has 2 rings (SSSR count). The fourth-order valence-corrected chi connectivity index (χ4v) is 3.09. The van der Waals surface area contributed by atoms with Gasteiger partial charge >= 0.3 is 0 Å². The summed E-state index contributed by atoms with van der Waals surface area (Å²) in [7, 11) is 0. The van der Waals surface area contributed by atoms with Crippen LogP contribution in [0.25, 0.3) is 0 Å². The second-order valence-electron chi connectivity index (χ2n) is 5.83. The van der Waals surface area contributed by atoms with Gasteiger partial charge in [0.05, 0.1) is 10.7 Å². The molecule has 2 nitrogen and oxygen atoms in total. The second-order valence-corrected chi connectivity index (χ2v) is 6.68. The van der Waals surface area contributed by atoms with Gasteiger partial charge in [-0.3, -0.25) is 0 Å². The normalized spacial score (nSPS) is 24.0. The van der Waals surface area contributed by atoms with Gasteiger partial charge in [-0.15, -0.1) is 0 Å². The number of nitrogens with zero attached hydrogens (tertiary/aromatic N) is 1. The van der Waals surface area contributed by atoms with Crippen LogP contribution in [0, 0.1) is 5.92 Å². The summed E-state index contributed by atoms with van der Waals surface area (Å²) in [5.74, 6) is 0.697. The maximum Gasteiger partial charge on any atom is 0.0640 e. The third-order valence-corrected chi connectivity index (χ3v) is 4.18. The molecule has 0 bridgehead atoms. The summed E-state index contributed by atoms with van der Waals surface area (Å²) in [5, 5.41) is 5.14. The predicted molar refractivity (Wildman–Crippen MR) is 84.5 cm³/mol. The van der Waals surface area contributed by atoms with Crippen LogP contribution in [0.1, 0.15) is 27.2 Å². The molecule has 2 unspecified atom stereocenters. The molecule has 0 amide bonds. The second kappa shape index (κ2) is 6.34. The zero-order valence-electron chi connectivity index (χ0n) is 11.8. The van der Waals surface area contributed by atoms with E-state index in [1.807, 2.05) is 18.2 Å². The molecule has 1 saturated heterocycles. The zero-order chi connectivity index (χ0) is 14.0. The van der Waals surface area contributed by atoms with Gasteiger partial charge in [-0.1, -0.05) is 37.0 Å². The lowest BCUT2D eigenvalue weighted by atomic mass is 9.99. The first-order valence-corrected chi connectivity index (χ1v) is 7.68. The molecule has 19 heavy (non-hydrogen) atoms. The highest BCUT2D eigenvalue weighted by molar-refractivity contribution is 6.35. The molecule has 4 heteroatoms. The molecule has 1 N–H and O–H groups in total. The lowest BCUT2D eigenvalue weighted by Gasteiger charge is -2.41. The Morgan fingerprint density at radius 1 is 1.37 bits per heavy atom. The standard InChI is InChI=1S/C15H22Cl2N2/c1-10(2)6-13-9-19(11(3)8-18-13)15-7-12(16)4-5-14(15)17/h4-5,7,10-11,13,18H,6,8-9H2,1-3H3. The van der Waals surface area contributed by atoms with E-state index in [1.54, 1.807) is 0 Å². The van der Waals surface area contributed by atoms with Gasteiger partial charge in [0.1, 0.15) is 0 Å². The van der Waals surface area contributed by atoms with Crippen LogP contribution in [0.2, 0.25) is 10.0 Å². The molecule has 1 aromatic carbocycles. The number of halogens is 2. The van der Waals surface area contributed by atoms with Gasteiger partial charge in [-0.2, -0.15) is 0 Å². The maximum atomic E-state index is 6.33. The predicted octanol–water partition coefficient (Wildman–Crippen LogP) is 4.21. The van der Waals surface area contributed by atoms with Gasteiger partial charge in [0.15, 0.2) is 0 Å². The number of nitrogens with one attached hydrogen (secondary N) is 1. The summed E-state index contributed by atoms with van der Waals surface area (Å²) >= 11 is 12.4. The summed E-state index contributed by atoms with van der Waals surface area (Å²) in [4.78, 5) is 2.37. The molecule has 1 aliphatic rings. The van der Waals surface area contributed by atoms with Crippen LogP contribution in [0.5, 0.6) is 0 Å². The van der Waals surface area contributed by atoms with Gasteiger partial charge in [0.2, 0.25) is 0 Å². The fourth-order valence-electron chi connectivity index (χ4n) is 2.70. The Balaban J connectivity index is 2.18. The number of hydrogen-bond donors (Lipinski definition) is 1. The van der Waals surface area contributed by atoms with Gasteiger partial charge in [-0.25, -0.2) is 0 Å². The van der Waals surface area contributed by atoms with Crippen molar-refractivity contribution in [2.24, 2.45) is 5.92 Å². The summed E-state index contributed by atoms with van der Waals surface area (Å²) in [5.41, 5.74) is 1.05. The number of anilines is 1. The Morgan fingerprint density at radius 2 is 2.11 bits per heavy atom. The first kappa shape index (κ1) is 15.0. The van der Waals surface area contributed by atoms with Crippen molar-refractivity contribution < 1.29 is 0 Å². The van der Waals surface area contributed by atoms with E-state index < -0.39 is 0 Å². The van der Waals surface area contributed by atoms with Crippen molar-refractivity contribution in [3.8, 4) is 0 Å². The van der Waals surface area contributed by atoms with Crippen LogP contribution < -0.4 is 10.2 Å². The van der Waals surface area contributed by atoms with E-state index in [-0.39, 0.29) is 0 Å². The zero-order valence-corrected chi connectivity index (χ0v) is 13.3. The maximum absolute atomic E-state index is 6.33. The lowest BCUT2D eigenvalue weighted by Crippen LogP contribution is -2.56. The third kappa shape index (κ3) is 3.77. The monoisotopic (exact) mass is 300 g/mol. The Bertz CT molecular complexity index is 434. The molecule has 1 fully saturated rings. The lowest BCUT2D eigenvalue weighted by molar-refractivity contribution is 0.356. The first-order chi connectivity index (χ1) is 8.97. The van der Waals surface area contributed by atoms with E-state index in [4.69, 9.17) is 23.2 Å². The largest absolute Gasteiger partial charge is 0.365 e. The highest BCUT2D eigenvalue weighted by Crippen LogP contribution is 2.31. The quantitative estimate of drug-likeness (QED) is 0.900. The molecule has 0 aromatic heterocycles. The van der Waals surface area contributed by atoms with Gasteiger partial charge in [0.25, 0.3) is 0 Å². The van der Waals surface area contributed by atoms with Crippen molar-refractivity contribution in [1.29, 1.82) is 0 Å². The molecule has 0 saturated carbocycles. The van der Waals surface area contributed by atoms with Crippen molar-refractivity contribution in [3.63, 3.8) is 0 Å². The van der Waals surface area contributed by atoms with E-state index in [2.05, 4.69) is 31.0 Å². The van der Waals surface area contributed by atoms with Crippen LogP contribution in [0.3, 0.4) is 0 Å². The molecular formula is C15H22Cl2N2. The summed E-state index contributed by atoms with van der Waals surface area (Å²) < 4.78 is 0. The van der Waals surface area contributed by atoms with Crippen LogP contribution in [0.15, 0.2) is 18.2 Å². The first-order valence-electron chi connectivity index (χ1n) is 6.92. The van der Waals surface area contributed by atoms with Crippen LogP contribution in [0.4, 0.5) is 5.69 Å². The Labute approximate surface area is 126 Å². The van der Waals surface area contributed by atoms with Gasteiger partial charge in [0, 0.05) is 30.2 Å². The van der Waals surface area contributed by atoms with E-state index in [9.17, 15) is 0 Å². The minimum absolute atomic E-state index is 0.430. The minimum Gasteiger partial charge on any atom is -0.365 e. The molecule has 1 aromatic rings. The van der Waals surface area contributed by atoms with Crippen molar-refractivity contribution in [1.82, 2.24) is 5.32 Å². The van der Waals surface area contributed by atoms with Crippen molar-refractivity contribution in [2.45, 2.75) is 39.3 Å². The Kier molecular flexibility index (Phi) is 4.99. The SMILES string of the molecule is CC(C)CC1CN(c2cc(Cl)ccc2Cl)C(C)CN1. The number of benzene rings is 1. The average Bonchev–Trinajstić information content (AvgIpc) is 2.34. The number of rotatable bonds is 3. The highest BCUT2D eigenvalue weighted by Gasteiger charge is 2.26. The molecule has 0 aliphatic carbocycles.